The molecule has 0 aliphatic heterocycles. The molecular weight excluding hydrogens is 418 g/mol. The number of carbonyl (C=O) groups is 1. The average molecular weight is 433 g/mol. The molecule has 1 amide bonds. The maximum Gasteiger partial charge on any atom is 0.264 e. The standard InChI is InChI=1S/C13H15Br2N5O2/c1-3-4-20-13(17-18-19-20)16-11(21)7-22-12-8(2)5-9(14)6-10(12)15/h5-6H,3-4,7H2,1-2H3,(H,16,17,19,21). The van der Waals surface area contributed by atoms with E-state index in [4.69, 9.17) is 4.74 Å². The van der Waals surface area contributed by atoms with E-state index < -0.39 is 0 Å². The van der Waals surface area contributed by atoms with Crippen LogP contribution >= 0.6 is 31.9 Å². The normalized spacial score (nSPS) is 10.5. The van der Waals surface area contributed by atoms with Crippen molar-refractivity contribution in [2.24, 2.45) is 0 Å². The Balaban J connectivity index is 1.97. The predicted molar refractivity (Wildman–Crippen MR) is 88.8 cm³/mol. The number of hydrogen-bond acceptors (Lipinski definition) is 5. The highest BCUT2D eigenvalue weighted by Gasteiger charge is 2.12. The number of aryl methyl sites for hydroxylation is 2. The number of nitrogens with zero attached hydrogens (tertiary/aromatic N) is 4. The van der Waals surface area contributed by atoms with Gasteiger partial charge in [0, 0.05) is 11.0 Å². The minimum Gasteiger partial charge on any atom is -0.482 e. The summed E-state index contributed by atoms with van der Waals surface area (Å²) in [5, 5.41) is 13.8. The van der Waals surface area contributed by atoms with Gasteiger partial charge in [-0.05, 0) is 57.4 Å². The molecule has 1 aromatic carbocycles. The van der Waals surface area contributed by atoms with Crippen LogP contribution in [-0.4, -0.2) is 32.7 Å². The lowest BCUT2D eigenvalue weighted by atomic mass is 10.2. The van der Waals surface area contributed by atoms with Crippen molar-refractivity contribution >= 4 is 43.7 Å². The maximum atomic E-state index is 12.0. The van der Waals surface area contributed by atoms with E-state index in [2.05, 4.69) is 52.7 Å². The molecule has 0 radical (unpaired) electrons. The van der Waals surface area contributed by atoms with Crippen LogP contribution in [0.4, 0.5) is 5.95 Å². The van der Waals surface area contributed by atoms with Crippen molar-refractivity contribution in [1.29, 1.82) is 0 Å². The fraction of sp³-hybridized carbons (Fsp3) is 0.385. The number of nitrogens with one attached hydrogen (secondary N) is 1. The number of aromatic nitrogens is 4. The summed E-state index contributed by atoms with van der Waals surface area (Å²) in [6.07, 6.45) is 0.870. The van der Waals surface area contributed by atoms with Crippen LogP contribution in [0.25, 0.3) is 0 Å². The third-order valence-electron chi connectivity index (χ3n) is 2.76. The highest BCUT2D eigenvalue weighted by Crippen LogP contribution is 2.32. The van der Waals surface area contributed by atoms with Gasteiger partial charge < -0.3 is 4.74 Å². The van der Waals surface area contributed by atoms with E-state index in [0.717, 1.165) is 20.9 Å². The largest absolute Gasteiger partial charge is 0.482 e. The monoisotopic (exact) mass is 431 g/mol. The van der Waals surface area contributed by atoms with Crippen LogP contribution in [0.2, 0.25) is 0 Å². The van der Waals surface area contributed by atoms with Gasteiger partial charge in [0.05, 0.1) is 4.47 Å². The number of hydrogen-bond donors (Lipinski definition) is 1. The van der Waals surface area contributed by atoms with Crippen LogP contribution in [0, 0.1) is 6.92 Å². The van der Waals surface area contributed by atoms with E-state index in [1.54, 1.807) is 4.68 Å². The lowest BCUT2D eigenvalue weighted by molar-refractivity contribution is -0.118. The highest BCUT2D eigenvalue weighted by molar-refractivity contribution is 9.11. The fourth-order valence-electron chi connectivity index (χ4n) is 1.83. The van der Waals surface area contributed by atoms with E-state index in [9.17, 15) is 4.79 Å². The van der Waals surface area contributed by atoms with Gasteiger partial charge in [0.1, 0.15) is 5.75 Å². The molecular formula is C13H15Br2N5O2. The molecule has 0 unspecified atom stereocenters. The molecule has 22 heavy (non-hydrogen) atoms. The molecule has 2 rings (SSSR count). The Kier molecular flexibility index (Phi) is 5.90. The second-order valence-corrected chi connectivity index (χ2v) is 6.37. The van der Waals surface area contributed by atoms with Gasteiger partial charge in [-0.2, -0.15) is 0 Å². The number of benzene rings is 1. The van der Waals surface area contributed by atoms with E-state index >= 15 is 0 Å². The summed E-state index contributed by atoms with van der Waals surface area (Å²) in [4.78, 5) is 12.0. The Bertz CT molecular complexity index is 651. The van der Waals surface area contributed by atoms with Crippen LogP contribution in [0.3, 0.4) is 0 Å². The lowest BCUT2D eigenvalue weighted by Crippen LogP contribution is -2.23. The molecule has 0 aliphatic rings. The first-order chi connectivity index (χ1) is 10.5. The highest BCUT2D eigenvalue weighted by atomic mass is 79.9. The zero-order valence-corrected chi connectivity index (χ0v) is 15.3. The first kappa shape index (κ1) is 16.9. The Morgan fingerprint density at radius 2 is 2.18 bits per heavy atom. The summed E-state index contributed by atoms with van der Waals surface area (Å²) < 4.78 is 8.83. The van der Waals surface area contributed by atoms with Crippen molar-refractivity contribution in [2.75, 3.05) is 11.9 Å². The second-order valence-electron chi connectivity index (χ2n) is 4.60. The zero-order valence-electron chi connectivity index (χ0n) is 12.1. The Morgan fingerprint density at radius 3 is 2.86 bits per heavy atom. The molecule has 7 nitrogen and oxygen atoms in total. The number of rotatable bonds is 6. The third-order valence-corrected chi connectivity index (χ3v) is 3.81. The minimum absolute atomic E-state index is 0.125. The molecule has 1 N–H and O–H groups in total. The SMILES string of the molecule is CCCn1nnnc1NC(=O)COc1c(C)cc(Br)cc1Br. The van der Waals surface area contributed by atoms with Gasteiger partial charge in [-0.15, -0.1) is 0 Å². The van der Waals surface area contributed by atoms with Crippen LogP contribution in [0.15, 0.2) is 21.1 Å². The van der Waals surface area contributed by atoms with E-state index in [1.165, 1.54) is 0 Å². The van der Waals surface area contributed by atoms with Crippen molar-refractivity contribution in [1.82, 2.24) is 20.2 Å². The van der Waals surface area contributed by atoms with Gasteiger partial charge in [-0.1, -0.05) is 28.0 Å². The fourth-order valence-corrected chi connectivity index (χ4v) is 3.38. The van der Waals surface area contributed by atoms with Gasteiger partial charge >= 0.3 is 0 Å². The molecule has 0 bridgehead atoms. The number of halogens is 2. The molecule has 0 aliphatic carbocycles. The van der Waals surface area contributed by atoms with Crippen molar-refractivity contribution in [2.45, 2.75) is 26.8 Å². The zero-order chi connectivity index (χ0) is 16.1. The summed E-state index contributed by atoms with van der Waals surface area (Å²) in [5.74, 6) is 0.634. The van der Waals surface area contributed by atoms with Crippen LogP contribution < -0.4 is 10.1 Å². The summed E-state index contributed by atoms with van der Waals surface area (Å²) in [6.45, 7) is 4.43. The van der Waals surface area contributed by atoms with Crippen molar-refractivity contribution in [3.63, 3.8) is 0 Å². The van der Waals surface area contributed by atoms with Gasteiger partial charge in [0.15, 0.2) is 6.61 Å². The molecule has 0 saturated heterocycles. The molecule has 2 aromatic rings. The Morgan fingerprint density at radius 1 is 1.41 bits per heavy atom. The smallest absolute Gasteiger partial charge is 0.264 e. The van der Waals surface area contributed by atoms with Crippen LogP contribution in [0.5, 0.6) is 5.75 Å². The first-order valence-electron chi connectivity index (χ1n) is 6.65. The average Bonchev–Trinajstić information content (AvgIpc) is 2.85. The summed E-state index contributed by atoms with van der Waals surface area (Å²) in [5.41, 5.74) is 0.921. The van der Waals surface area contributed by atoms with E-state index in [1.807, 2.05) is 26.0 Å². The lowest BCUT2D eigenvalue weighted by Gasteiger charge is -2.11. The molecule has 1 aromatic heterocycles. The summed E-state index contributed by atoms with van der Waals surface area (Å²) in [7, 11) is 0. The Hall–Kier alpha value is -1.48. The van der Waals surface area contributed by atoms with Crippen LogP contribution in [-0.2, 0) is 11.3 Å². The van der Waals surface area contributed by atoms with Crippen molar-refractivity contribution < 1.29 is 9.53 Å². The molecule has 0 fully saturated rings. The molecule has 1 heterocycles. The molecule has 0 saturated carbocycles. The number of amides is 1. The maximum absolute atomic E-state index is 12.0. The number of tetrazole rings is 1. The number of ether oxygens (including phenoxy) is 1. The molecule has 118 valence electrons. The molecule has 0 spiro atoms. The van der Waals surface area contributed by atoms with Gasteiger partial charge in [0.2, 0.25) is 5.95 Å². The van der Waals surface area contributed by atoms with Crippen molar-refractivity contribution in [3.05, 3.63) is 26.6 Å². The topological polar surface area (TPSA) is 81.9 Å². The quantitative estimate of drug-likeness (QED) is 0.758. The van der Waals surface area contributed by atoms with Gasteiger partial charge in [-0.3, -0.25) is 10.1 Å². The Labute approximate surface area is 144 Å². The van der Waals surface area contributed by atoms with E-state index in [-0.39, 0.29) is 12.5 Å². The first-order valence-corrected chi connectivity index (χ1v) is 8.24. The molecule has 0 atom stereocenters. The predicted octanol–water partition coefficient (Wildman–Crippen LogP) is 2.93. The summed E-state index contributed by atoms with van der Waals surface area (Å²) in [6, 6.07) is 3.78. The third kappa shape index (κ3) is 4.26. The second kappa shape index (κ2) is 7.68. The van der Waals surface area contributed by atoms with Gasteiger partial charge in [0.25, 0.3) is 5.91 Å². The van der Waals surface area contributed by atoms with E-state index in [0.29, 0.717) is 18.2 Å². The van der Waals surface area contributed by atoms with Crippen molar-refractivity contribution in [3.8, 4) is 5.75 Å². The molecule has 9 heteroatoms. The van der Waals surface area contributed by atoms with Gasteiger partial charge in [-0.25, -0.2) is 4.68 Å². The number of anilines is 1. The minimum atomic E-state index is -0.318. The summed E-state index contributed by atoms with van der Waals surface area (Å²) >= 11 is 6.82. The van der Waals surface area contributed by atoms with Crippen LogP contribution in [0.1, 0.15) is 18.9 Å². The number of carbonyl (C=O) groups excluding carboxylic acids is 1.